The van der Waals surface area contributed by atoms with E-state index in [1.807, 2.05) is 48.5 Å². The maximum absolute atomic E-state index is 11.5. The molecule has 1 aromatic heterocycles. The first-order chi connectivity index (χ1) is 13.5. The van der Waals surface area contributed by atoms with Gasteiger partial charge in [0.25, 0.3) is 0 Å². The van der Waals surface area contributed by atoms with E-state index in [1.165, 1.54) is 0 Å². The van der Waals surface area contributed by atoms with Crippen molar-refractivity contribution in [1.82, 2.24) is 9.97 Å². The minimum atomic E-state index is -0.462. The molecule has 4 aromatic rings. The topological polar surface area (TPSA) is 107 Å². The van der Waals surface area contributed by atoms with E-state index in [-0.39, 0.29) is 5.95 Å². The number of fused-ring (bicyclic) bond motifs is 1. The Morgan fingerprint density at radius 2 is 1.71 bits per heavy atom. The van der Waals surface area contributed by atoms with Crippen molar-refractivity contribution in [1.29, 1.82) is 0 Å². The van der Waals surface area contributed by atoms with Crippen molar-refractivity contribution in [3.63, 3.8) is 0 Å². The van der Waals surface area contributed by atoms with Gasteiger partial charge in [-0.1, -0.05) is 40.2 Å². The fourth-order valence-corrected chi connectivity index (χ4v) is 3.38. The molecule has 0 radical (unpaired) electrons. The number of halogens is 1. The molecule has 138 valence electrons. The zero-order chi connectivity index (χ0) is 19.7. The van der Waals surface area contributed by atoms with Crippen LogP contribution in [0.4, 0.5) is 17.5 Å². The number of amides is 1. The number of carbonyl (C=O) groups excluding carboxylic acids is 1. The lowest BCUT2D eigenvalue weighted by Crippen LogP contribution is -2.10. The summed E-state index contributed by atoms with van der Waals surface area (Å²) in [4.78, 5) is 20.2. The normalized spacial score (nSPS) is 10.8. The molecule has 0 atom stereocenters. The number of nitrogen functional groups attached to an aromatic ring is 1. The van der Waals surface area contributed by atoms with Crippen molar-refractivity contribution < 1.29 is 4.79 Å². The Labute approximate surface area is 169 Å². The van der Waals surface area contributed by atoms with Gasteiger partial charge in [0.05, 0.1) is 5.52 Å². The van der Waals surface area contributed by atoms with Crippen molar-refractivity contribution in [2.24, 2.45) is 5.73 Å². The molecule has 0 aliphatic carbocycles. The van der Waals surface area contributed by atoms with Crippen LogP contribution in [0.5, 0.6) is 0 Å². The van der Waals surface area contributed by atoms with Crippen LogP contribution in [0.15, 0.2) is 71.2 Å². The van der Waals surface area contributed by atoms with Gasteiger partial charge in [0, 0.05) is 21.1 Å². The van der Waals surface area contributed by atoms with E-state index in [1.54, 1.807) is 18.2 Å². The number of nitrogens with zero attached hydrogens (tertiary/aromatic N) is 2. The number of nitrogens with two attached hydrogens (primary N) is 2. The molecule has 0 saturated carbocycles. The number of primary amides is 1. The minimum absolute atomic E-state index is 0.188. The number of rotatable bonds is 4. The summed E-state index contributed by atoms with van der Waals surface area (Å²) in [7, 11) is 0. The van der Waals surface area contributed by atoms with Crippen LogP contribution in [0.2, 0.25) is 0 Å². The number of aromatic nitrogens is 2. The van der Waals surface area contributed by atoms with E-state index in [0.29, 0.717) is 11.4 Å². The van der Waals surface area contributed by atoms with Crippen molar-refractivity contribution >= 4 is 50.2 Å². The van der Waals surface area contributed by atoms with Gasteiger partial charge < -0.3 is 16.8 Å². The van der Waals surface area contributed by atoms with Gasteiger partial charge in [0.2, 0.25) is 11.9 Å². The van der Waals surface area contributed by atoms with Crippen LogP contribution >= 0.6 is 15.9 Å². The molecule has 4 rings (SSSR count). The Morgan fingerprint density at radius 3 is 2.50 bits per heavy atom. The maximum Gasteiger partial charge on any atom is 0.248 e. The Hall–Kier alpha value is -3.45. The highest BCUT2D eigenvalue weighted by atomic mass is 79.9. The SMILES string of the molecule is NC(=O)c1cccc(-c2ccc3nc(N)nc(Nc4cccc(Br)c4)c3c2)c1. The van der Waals surface area contributed by atoms with E-state index in [4.69, 9.17) is 11.5 Å². The van der Waals surface area contributed by atoms with Crippen molar-refractivity contribution in [3.8, 4) is 11.1 Å². The molecule has 0 unspecified atom stereocenters. The molecule has 7 heteroatoms. The van der Waals surface area contributed by atoms with Crippen molar-refractivity contribution in [3.05, 3.63) is 76.8 Å². The van der Waals surface area contributed by atoms with Crippen LogP contribution in [-0.2, 0) is 0 Å². The van der Waals surface area contributed by atoms with Gasteiger partial charge in [-0.3, -0.25) is 4.79 Å². The minimum Gasteiger partial charge on any atom is -0.368 e. The van der Waals surface area contributed by atoms with Gasteiger partial charge in [-0.05, 0) is 53.6 Å². The average Bonchev–Trinajstić information content (AvgIpc) is 2.68. The van der Waals surface area contributed by atoms with Gasteiger partial charge in [0.15, 0.2) is 0 Å². The molecule has 28 heavy (non-hydrogen) atoms. The molecule has 0 saturated heterocycles. The number of anilines is 3. The first kappa shape index (κ1) is 17.9. The Bertz CT molecular complexity index is 1210. The largest absolute Gasteiger partial charge is 0.368 e. The van der Waals surface area contributed by atoms with Crippen LogP contribution in [0.25, 0.3) is 22.0 Å². The Morgan fingerprint density at radius 1 is 0.929 bits per heavy atom. The standard InChI is InChI=1S/C21H16BrN5O/c22-15-5-2-6-16(11-15)25-20-17-10-13(7-8-18(17)26-21(24)27-20)12-3-1-4-14(9-12)19(23)28/h1-11H,(H2,23,28)(H3,24,25,26,27). The Balaban J connectivity index is 1.83. The molecule has 1 amide bonds. The molecular weight excluding hydrogens is 418 g/mol. The highest BCUT2D eigenvalue weighted by molar-refractivity contribution is 9.10. The number of benzene rings is 3. The van der Waals surface area contributed by atoms with E-state index in [9.17, 15) is 4.79 Å². The summed E-state index contributed by atoms with van der Waals surface area (Å²) in [5.41, 5.74) is 15.1. The zero-order valence-electron chi connectivity index (χ0n) is 14.7. The highest BCUT2D eigenvalue weighted by Crippen LogP contribution is 2.30. The summed E-state index contributed by atoms with van der Waals surface area (Å²) in [5.74, 6) is 0.331. The lowest BCUT2D eigenvalue weighted by molar-refractivity contribution is 0.100. The third kappa shape index (κ3) is 3.65. The van der Waals surface area contributed by atoms with Crippen LogP contribution in [0.1, 0.15) is 10.4 Å². The van der Waals surface area contributed by atoms with E-state index in [2.05, 4.69) is 31.2 Å². The molecule has 0 spiro atoms. The number of nitrogens with one attached hydrogen (secondary N) is 1. The molecule has 0 aliphatic heterocycles. The molecule has 1 heterocycles. The van der Waals surface area contributed by atoms with Crippen LogP contribution in [0.3, 0.4) is 0 Å². The van der Waals surface area contributed by atoms with Gasteiger partial charge in [-0.25, -0.2) is 4.98 Å². The van der Waals surface area contributed by atoms with Crippen molar-refractivity contribution in [2.75, 3.05) is 11.1 Å². The molecule has 5 N–H and O–H groups in total. The number of carbonyl (C=O) groups is 1. The molecule has 0 aliphatic rings. The summed E-state index contributed by atoms with van der Waals surface area (Å²) in [6.45, 7) is 0. The second-order valence-corrected chi connectivity index (χ2v) is 7.16. The summed E-state index contributed by atoms with van der Waals surface area (Å²) >= 11 is 3.47. The second-order valence-electron chi connectivity index (χ2n) is 6.24. The fourth-order valence-electron chi connectivity index (χ4n) is 2.98. The second kappa shape index (κ2) is 7.28. The summed E-state index contributed by atoms with van der Waals surface area (Å²) in [6.07, 6.45) is 0. The van der Waals surface area contributed by atoms with Gasteiger partial charge in [-0.15, -0.1) is 0 Å². The van der Waals surface area contributed by atoms with Crippen LogP contribution in [-0.4, -0.2) is 15.9 Å². The van der Waals surface area contributed by atoms with Gasteiger partial charge in [-0.2, -0.15) is 4.98 Å². The molecule has 0 bridgehead atoms. The first-order valence-corrected chi connectivity index (χ1v) is 9.29. The summed E-state index contributed by atoms with van der Waals surface area (Å²) in [6, 6.07) is 20.7. The predicted octanol–water partition coefficient (Wildman–Crippen LogP) is 4.48. The predicted molar refractivity (Wildman–Crippen MR) is 115 cm³/mol. The third-order valence-electron chi connectivity index (χ3n) is 4.28. The molecule has 0 fully saturated rings. The smallest absolute Gasteiger partial charge is 0.248 e. The lowest BCUT2D eigenvalue weighted by Gasteiger charge is -2.11. The Kier molecular flexibility index (Phi) is 4.67. The van der Waals surface area contributed by atoms with Crippen LogP contribution in [0, 0.1) is 0 Å². The molecule has 3 aromatic carbocycles. The molecular formula is C21H16BrN5O. The monoisotopic (exact) mass is 433 g/mol. The fraction of sp³-hybridized carbons (Fsp3) is 0. The molecule has 6 nitrogen and oxygen atoms in total. The maximum atomic E-state index is 11.5. The van der Waals surface area contributed by atoms with E-state index >= 15 is 0 Å². The van der Waals surface area contributed by atoms with Gasteiger partial charge >= 0.3 is 0 Å². The summed E-state index contributed by atoms with van der Waals surface area (Å²) < 4.78 is 0.952. The van der Waals surface area contributed by atoms with Crippen LogP contribution < -0.4 is 16.8 Å². The summed E-state index contributed by atoms with van der Waals surface area (Å²) in [5, 5.41) is 4.12. The quantitative estimate of drug-likeness (QED) is 0.439. The number of hydrogen-bond donors (Lipinski definition) is 3. The number of hydrogen-bond acceptors (Lipinski definition) is 5. The lowest BCUT2D eigenvalue weighted by atomic mass is 10.0. The third-order valence-corrected chi connectivity index (χ3v) is 4.77. The van der Waals surface area contributed by atoms with Crippen molar-refractivity contribution in [2.45, 2.75) is 0 Å². The zero-order valence-corrected chi connectivity index (χ0v) is 16.3. The highest BCUT2D eigenvalue weighted by Gasteiger charge is 2.10. The average molecular weight is 434 g/mol. The van der Waals surface area contributed by atoms with E-state index < -0.39 is 5.91 Å². The van der Waals surface area contributed by atoms with E-state index in [0.717, 1.165) is 32.2 Å². The van der Waals surface area contributed by atoms with Gasteiger partial charge in [0.1, 0.15) is 5.82 Å². The first-order valence-electron chi connectivity index (χ1n) is 8.50.